The summed E-state index contributed by atoms with van der Waals surface area (Å²) >= 11 is 0. The Morgan fingerprint density at radius 3 is 1.71 bits per heavy atom. The summed E-state index contributed by atoms with van der Waals surface area (Å²) in [5, 5.41) is 0. The summed E-state index contributed by atoms with van der Waals surface area (Å²) in [5.41, 5.74) is 0. The Morgan fingerprint density at radius 2 is 1.53 bits per heavy atom. The summed E-state index contributed by atoms with van der Waals surface area (Å²) in [4.78, 5) is 0. The Kier molecular flexibility index (Phi) is 40.3. The second-order valence-corrected chi connectivity index (χ2v) is 4.09. The first-order valence-electron chi connectivity index (χ1n) is 6.80. The van der Waals surface area contributed by atoms with Crippen LogP contribution in [0.2, 0.25) is 0 Å². The second kappa shape index (κ2) is 25.8. The zero-order chi connectivity index (χ0) is 11.9. The average molecular weight is 323 g/mol. The molecule has 1 rings (SSSR count). The molecule has 3 heteroatoms. The van der Waals surface area contributed by atoms with Crippen molar-refractivity contribution in [3.63, 3.8) is 0 Å². The molecule has 2 nitrogen and oxygen atoms in total. The van der Waals surface area contributed by atoms with Gasteiger partial charge < -0.3 is 10.2 Å². The maximum atomic E-state index is 4.78. The molecular formula is C14H34O2Y. The molecule has 0 heterocycles. The number of hydrogen-bond donors (Lipinski definition) is 0. The molecule has 0 aromatic carbocycles. The van der Waals surface area contributed by atoms with Crippen molar-refractivity contribution < 1.29 is 42.9 Å². The Labute approximate surface area is 134 Å². The van der Waals surface area contributed by atoms with Crippen LogP contribution in [0.15, 0.2) is 0 Å². The molecule has 17 heavy (non-hydrogen) atoms. The quantitative estimate of drug-likeness (QED) is 0.717. The summed E-state index contributed by atoms with van der Waals surface area (Å²) in [6.07, 6.45) is 9.86. The molecule has 0 saturated heterocycles. The van der Waals surface area contributed by atoms with E-state index >= 15 is 0 Å². The Morgan fingerprint density at radius 1 is 1.06 bits per heavy atom. The monoisotopic (exact) mass is 323 g/mol. The molecule has 0 aliphatic heterocycles. The maximum absolute atomic E-state index is 4.78. The van der Waals surface area contributed by atoms with Crippen molar-refractivity contribution >= 4 is 0 Å². The van der Waals surface area contributed by atoms with Crippen LogP contribution in [-0.2, 0) is 37.4 Å². The molecular weight excluding hydrogens is 289 g/mol. The Hall–Kier alpha value is 1.02. The van der Waals surface area contributed by atoms with Gasteiger partial charge in [-0.15, -0.1) is 0 Å². The predicted molar refractivity (Wildman–Crippen MR) is 74.0 cm³/mol. The van der Waals surface area contributed by atoms with Crippen LogP contribution in [-0.4, -0.2) is 19.2 Å². The van der Waals surface area contributed by atoms with Crippen molar-refractivity contribution in [2.45, 2.75) is 72.6 Å². The van der Waals surface area contributed by atoms with Crippen LogP contribution in [0.25, 0.3) is 0 Å². The fraction of sp³-hybridized carbons (Fsp3) is 1.00. The van der Waals surface area contributed by atoms with E-state index in [1.807, 2.05) is 13.8 Å². The fourth-order valence-electron chi connectivity index (χ4n) is 1.60. The molecule has 0 aromatic rings. The normalized spacial score (nSPS) is 13.9. The summed E-state index contributed by atoms with van der Waals surface area (Å²) in [6.45, 7) is 9.43. The van der Waals surface area contributed by atoms with Crippen molar-refractivity contribution in [3.05, 3.63) is 0 Å². The molecule has 0 spiro atoms. The van der Waals surface area contributed by atoms with Gasteiger partial charge >= 0.3 is 0 Å². The van der Waals surface area contributed by atoms with Crippen LogP contribution < -0.4 is 0 Å². The molecule has 1 aliphatic rings. The maximum Gasteiger partial charge on any atom is 0.0462 e. The van der Waals surface area contributed by atoms with E-state index < -0.39 is 0 Å². The molecule has 105 valence electrons. The molecule has 1 saturated carbocycles. The third-order valence-electron chi connectivity index (χ3n) is 2.60. The molecule has 0 aromatic heterocycles. The minimum absolute atomic E-state index is 0. The number of ether oxygens (including phenoxy) is 1. The largest absolute Gasteiger partial charge is 0.412 e. The minimum Gasteiger partial charge on any atom is -0.412 e. The topological polar surface area (TPSA) is 40.7 Å². The first-order valence-corrected chi connectivity index (χ1v) is 6.80. The number of methoxy groups -OCH3 is 1. The Balaban J connectivity index is -0.0000000794. The first-order chi connectivity index (χ1) is 7.31. The van der Waals surface area contributed by atoms with Crippen molar-refractivity contribution in [1.82, 2.24) is 0 Å². The van der Waals surface area contributed by atoms with Crippen molar-refractivity contribution in [2.24, 2.45) is 5.92 Å². The van der Waals surface area contributed by atoms with Crippen molar-refractivity contribution in [3.8, 4) is 0 Å². The summed E-state index contributed by atoms with van der Waals surface area (Å²) in [6, 6.07) is 0. The van der Waals surface area contributed by atoms with Crippen LogP contribution in [0.3, 0.4) is 0 Å². The van der Waals surface area contributed by atoms with Gasteiger partial charge in [-0.3, -0.25) is 0 Å². The van der Waals surface area contributed by atoms with E-state index in [-0.39, 0.29) is 38.2 Å². The third kappa shape index (κ3) is 26.6. The zero-order valence-electron chi connectivity index (χ0n) is 12.7. The van der Waals surface area contributed by atoms with Gasteiger partial charge in [-0.2, -0.15) is 0 Å². The van der Waals surface area contributed by atoms with Gasteiger partial charge in [-0.25, -0.2) is 0 Å². The van der Waals surface area contributed by atoms with Crippen molar-refractivity contribution in [2.75, 3.05) is 13.7 Å². The predicted octanol–water partition coefficient (Wildman–Crippen LogP) is 4.22. The van der Waals surface area contributed by atoms with Crippen LogP contribution in [0.5, 0.6) is 0 Å². The summed E-state index contributed by atoms with van der Waals surface area (Å²) < 4.78 is 4.78. The second-order valence-electron chi connectivity index (χ2n) is 4.09. The van der Waals surface area contributed by atoms with Crippen LogP contribution in [0.1, 0.15) is 72.6 Å². The van der Waals surface area contributed by atoms with E-state index in [4.69, 9.17) is 4.74 Å². The molecule has 0 unspecified atom stereocenters. The zero-order valence-corrected chi connectivity index (χ0v) is 15.6. The van der Waals surface area contributed by atoms with Gasteiger partial charge in [0, 0.05) is 46.4 Å². The van der Waals surface area contributed by atoms with Gasteiger partial charge in [0.1, 0.15) is 0 Å². The van der Waals surface area contributed by atoms with Crippen molar-refractivity contribution in [1.29, 1.82) is 0 Å². The van der Waals surface area contributed by atoms with E-state index in [0.29, 0.717) is 0 Å². The van der Waals surface area contributed by atoms with Crippen LogP contribution in [0, 0.1) is 5.92 Å². The van der Waals surface area contributed by atoms with E-state index in [0.717, 1.165) is 12.5 Å². The standard InChI is InChI=1S/C7H14.C5H12O.C2H6.H2O.Y/c1-7-5-3-2-4-6-7;1-3-4-5-6-2;1-2;;/h7H,2-6H2,1H3;3-5H2,1-2H3;1-2H3;1H2;. The number of hydrogen-bond acceptors (Lipinski definition) is 1. The number of unbranched alkanes of at least 4 members (excludes halogenated alkanes) is 1. The Bertz CT molecular complexity index is 90.2. The molecule has 1 radical (unpaired) electrons. The molecule has 2 N–H and O–H groups in total. The fourth-order valence-corrected chi connectivity index (χ4v) is 1.60. The molecule has 0 amide bonds. The van der Waals surface area contributed by atoms with E-state index in [9.17, 15) is 0 Å². The van der Waals surface area contributed by atoms with Gasteiger partial charge in [0.15, 0.2) is 0 Å². The van der Waals surface area contributed by atoms with Gasteiger partial charge in [-0.05, 0) is 12.3 Å². The number of rotatable bonds is 3. The summed E-state index contributed by atoms with van der Waals surface area (Å²) in [7, 11) is 1.73. The smallest absolute Gasteiger partial charge is 0.0462 e. The van der Waals surface area contributed by atoms with Gasteiger partial charge in [0.25, 0.3) is 0 Å². The first kappa shape index (κ1) is 26.6. The van der Waals surface area contributed by atoms with E-state index in [2.05, 4.69) is 13.8 Å². The SMILES string of the molecule is CC.CC1CCCCC1.CCCCOC.O.[Y]. The van der Waals surface area contributed by atoms with Crippen LogP contribution >= 0.6 is 0 Å². The van der Waals surface area contributed by atoms with E-state index in [1.54, 1.807) is 7.11 Å². The van der Waals surface area contributed by atoms with Gasteiger partial charge in [-0.1, -0.05) is 66.2 Å². The van der Waals surface area contributed by atoms with E-state index in [1.165, 1.54) is 44.9 Å². The van der Waals surface area contributed by atoms with Gasteiger partial charge in [0.05, 0.1) is 0 Å². The molecule has 0 atom stereocenters. The minimum atomic E-state index is 0. The summed E-state index contributed by atoms with van der Waals surface area (Å²) in [5.74, 6) is 1.04. The molecule has 1 fully saturated rings. The molecule has 1 aliphatic carbocycles. The third-order valence-corrected chi connectivity index (χ3v) is 2.60. The average Bonchev–Trinajstić information content (AvgIpc) is 2.31. The van der Waals surface area contributed by atoms with Crippen LogP contribution in [0.4, 0.5) is 0 Å². The van der Waals surface area contributed by atoms with Gasteiger partial charge in [0.2, 0.25) is 0 Å². The molecule has 0 bridgehead atoms.